The maximum Gasteiger partial charge on any atom is 0.200 e. The number of hydrogen-bond donors (Lipinski definition) is 0. The third-order valence-electron chi connectivity index (χ3n) is 15.2. The SMILES string of the molecule is CC.CCCC1CCC(C2CC3(C2)CC(C)(c2ccc(OCC)c(F)c2F)C3)CC1.CCCC1CCC(C2CC3(CC(=O)C3)C2)CC1.CCOc1cccc(F)c1F.[HH]. The van der Waals surface area contributed by atoms with Gasteiger partial charge < -0.3 is 9.47 Å². The molecule has 58 heavy (non-hydrogen) atoms. The van der Waals surface area contributed by atoms with Crippen LogP contribution in [0.3, 0.4) is 0 Å². The number of rotatable bonds is 11. The van der Waals surface area contributed by atoms with Gasteiger partial charge in [0.1, 0.15) is 5.78 Å². The minimum atomic E-state index is -0.922. The van der Waals surface area contributed by atoms with Crippen molar-refractivity contribution in [2.24, 2.45) is 46.3 Å². The van der Waals surface area contributed by atoms with E-state index in [-0.39, 0.29) is 18.3 Å². The van der Waals surface area contributed by atoms with E-state index in [9.17, 15) is 22.4 Å². The molecule has 0 radical (unpaired) electrons. The zero-order chi connectivity index (χ0) is 42.1. The van der Waals surface area contributed by atoms with E-state index in [0.29, 0.717) is 35.4 Å². The molecule has 2 spiro atoms. The summed E-state index contributed by atoms with van der Waals surface area (Å²) in [6.45, 7) is 14.9. The molecule has 0 atom stereocenters. The van der Waals surface area contributed by atoms with Crippen molar-refractivity contribution in [3.63, 3.8) is 0 Å². The molecule has 0 aromatic heterocycles. The van der Waals surface area contributed by atoms with E-state index in [2.05, 4.69) is 20.8 Å². The van der Waals surface area contributed by atoms with Crippen molar-refractivity contribution in [1.29, 1.82) is 0 Å². The summed E-state index contributed by atoms with van der Waals surface area (Å²) in [5, 5.41) is 0. The molecular formula is C51H78F4O3. The maximum absolute atomic E-state index is 14.7. The molecule has 0 heterocycles. The van der Waals surface area contributed by atoms with Crippen LogP contribution >= 0.6 is 0 Å². The number of carbonyl (C=O) groups excluding carboxylic acids is 1. The number of ether oxygens (including phenoxy) is 2. The Morgan fingerprint density at radius 2 is 1.07 bits per heavy atom. The first-order valence-electron chi connectivity index (χ1n) is 23.6. The average Bonchev–Trinajstić information content (AvgIpc) is 3.17. The number of hydrogen-bond acceptors (Lipinski definition) is 3. The maximum atomic E-state index is 14.7. The minimum Gasteiger partial charge on any atom is -0.491 e. The first-order chi connectivity index (χ1) is 27.9. The number of Topliss-reactive ketones (excluding diaryl/α,β-unsaturated/α-hetero) is 1. The molecule has 328 valence electrons. The molecule has 8 rings (SSSR count). The largest absolute Gasteiger partial charge is 0.491 e. The van der Waals surface area contributed by atoms with Gasteiger partial charge in [0.2, 0.25) is 11.6 Å². The molecule has 2 aromatic rings. The average molecular weight is 815 g/mol. The predicted octanol–water partition coefficient (Wildman–Crippen LogP) is 15.4. The van der Waals surface area contributed by atoms with Gasteiger partial charge in [-0.05, 0) is 154 Å². The summed E-state index contributed by atoms with van der Waals surface area (Å²) in [5.41, 5.74) is 1.26. The highest BCUT2D eigenvalue weighted by molar-refractivity contribution is 5.86. The molecule has 2 aromatic carbocycles. The van der Waals surface area contributed by atoms with E-state index in [1.807, 2.05) is 13.8 Å². The fourth-order valence-electron chi connectivity index (χ4n) is 12.7. The monoisotopic (exact) mass is 815 g/mol. The molecule has 0 saturated heterocycles. The lowest BCUT2D eigenvalue weighted by atomic mass is 9.40. The molecule has 0 N–H and O–H groups in total. The van der Waals surface area contributed by atoms with Crippen molar-refractivity contribution in [2.75, 3.05) is 13.2 Å². The lowest BCUT2D eigenvalue weighted by molar-refractivity contribution is -0.145. The Labute approximate surface area is 350 Å². The lowest BCUT2D eigenvalue weighted by Crippen LogP contribution is -2.56. The van der Waals surface area contributed by atoms with Gasteiger partial charge in [0.05, 0.1) is 13.2 Å². The van der Waals surface area contributed by atoms with Crippen molar-refractivity contribution < 1.29 is 33.3 Å². The molecule has 0 aliphatic heterocycles. The third kappa shape index (κ3) is 10.8. The molecule has 6 saturated carbocycles. The first-order valence-corrected chi connectivity index (χ1v) is 23.6. The first kappa shape index (κ1) is 46.5. The van der Waals surface area contributed by atoms with E-state index < -0.39 is 23.3 Å². The van der Waals surface area contributed by atoms with Crippen LogP contribution in [-0.4, -0.2) is 19.0 Å². The summed E-state index contributed by atoms with van der Waals surface area (Å²) in [5.74, 6) is 3.02. The Hall–Kier alpha value is -2.57. The molecular weight excluding hydrogens is 737 g/mol. The van der Waals surface area contributed by atoms with Crippen LogP contribution in [0.2, 0.25) is 0 Å². The highest BCUT2D eigenvalue weighted by Gasteiger charge is 2.60. The van der Waals surface area contributed by atoms with Gasteiger partial charge in [0, 0.05) is 14.3 Å². The van der Waals surface area contributed by atoms with Crippen LogP contribution in [0.1, 0.15) is 184 Å². The molecule has 0 amide bonds. The van der Waals surface area contributed by atoms with Crippen LogP contribution in [0.25, 0.3) is 0 Å². The van der Waals surface area contributed by atoms with Crippen LogP contribution in [0, 0.1) is 69.6 Å². The van der Waals surface area contributed by atoms with Crippen LogP contribution < -0.4 is 9.47 Å². The van der Waals surface area contributed by atoms with Gasteiger partial charge in [0.25, 0.3) is 0 Å². The normalized spacial score (nSPS) is 30.7. The molecule has 6 aliphatic rings. The number of carbonyl (C=O) groups is 1. The van der Waals surface area contributed by atoms with Crippen molar-refractivity contribution >= 4 is 5.78 Å². The highest BCUT2D eigenvalue weighted by atomic mass is 19.2. The Morgan fingerprint density at radius 3 is 1.52 bits per heavy atom. The van der Waals surface area contributed by atoms with Gasteiger partial charge in [-0.2, -0.15) is 8.78 Å². The summed E-state index contributed by atoms with van der Waals surface area (Å²) in [6, 6.07) is 7.20. The fraction of sp³-hybridized carbons (Fsp3) is 0.745. The standard InChI is InChI=1S/C25H36F2O.C16H26O.C8H8F2O.C2H6.H2/c1-4-6-17-7-9-18(10-8-17)19-13-25(14-19)15-24(3,16-25)20-11-12-21(28-5-2)23(27)22(20)26;1-2-3-12-4-6-13(7-5-12)14-8-16(9-14)10-15(17)11-16;1-2-11-7-5-3-4-6(9)8(7)10;1-2;/h11-12,17-19H,4-10,13-16H2,1-3H3;12-14H,2-11H2,1H3;3-5H,2H2,1H3;1-2H3;1H. The Kier molecular flexibility index (Phi) is 16.7. The number of benzene rings is 2. The van der Waals surface area contributed by atoms with Crippen molar-refractivity contribution in [3.8, 4) is 11.5 Å². The van der Waals surface area contributed by atoms with Crippen molar-refractivity contribution in [2.45, 2.75) is 182 Å². The second kappa shape index (κ2) is 20.8. The van der Waals surface area contributed by atoms with Crippen LogP contribution in [0.15, 0.2) is 30.3 Å². The van der Waals surface area contributed by atoms with Gasteiger partial charge in [-0.1, -0.05) is 98.1 Å². The zero-order valence-corrected chi connectivity index (χ0v) is 37.1. The molecule has 3 nitrogen and oxygen atoms in total. The fourth-order valence-corrected chi connectivity index (χ4v) is 12.7. The molecule has 0 unspecified atom stereocenters. The summed E-state index contributed by atoms with van der Waals surface area (Å²) in [4.78, 5) is 11.1. The van der Waals surface area contributed by atoms with Crippen LogP contribution in [-0.2, 0) is 10.2 Å². The third-order valence-corrected chi connectivity index (χ3v) is 15.2. The topological polar surface area (TPSA) is 35.5 Å². The predicted molar refractivity (Wildman–Crippen MR) is 230 cm³/mol. The molecule has 7 heteroatoms. The van der Waals surface area contributed by atoms with Gasteiger partial charge in [-0.15, -0.1) is 0 Å². The second-order valence-corrected chi connectivity index (χ2v) is 19.4. The van der Waals surface area contributed by atoms with Crippen LogP contribution in [0.5, 0.6) is 11.5 Å². The summed E-state index contributed by atoms with van der Waals surface area (Å²) in [6.07, 6.45) is 26.5. The van der Waals surface area contributed by atoms with E-state index in [0.717, 1.165) is 67.3 Å². The van der Waals surface area contributed by atoms with Crippen LogP contribution in [0.4, 0.5) is 17.6 Å². The summed E-state index contributed by atoms with van der Waals surface area (Å²) in [7, 11) is 0. The Morgan fingerprint density at radius 1 is 0.603 bits per heavy atom. The summed E-state index contributed by atoms with van der Waals surface area (Å²) < 4.78 is 64.1. The van der Waals surface area contributed by atoms with Gasteiger partial charge in [0.15, 0.2) is 23.1 Å². The lowest BCUT2D eigenvalue weighted by Gasteiger charge is -2.64. The van der Waals surface area contributed by atoms with E-state index in [4.69, 9.17) is 9.47 Å². The van der Waals surface area contributed by atoms with Gasteiger partial charge >= 0.3 is 0 Å². The van der Waals surface area contributed by atoms with Gasteiger partial charge in [-0.3, -0.25) is 4.79 Å². The van der Waals surface area contributed by atoms with E-state index in [1.54, 1.807) is 26.0 Å². The molecule has 0 bridgehead atoms. The van der Waals surface area contributed by atoms with E-state index >= 15 is 0 Å². The van der Waals surface area contributed by atoms with Crippen molar-refractivity contribution in [3.05, 3.63) is 59.2 Å². The van der Waals surface area contributed by atoms with Crippen molar-refractivity contribution in [1.82, 2.24) is 0 Å². The quantitative estimate of drug-likeness (QED) is 0.212. The van der Waals surface area contributed by atoms with Gasteiger partial charge in [-0.25, -0.2) is 8.78 Å². The summed E-state index contributed by atoms with van der Waals surface area (Å²) >= 11 is 0. The smallest absolute Gasteiger partial charge is 0.200 e. The van der Waals surface area contributed by atoms with E-state index in [1.165, 1.54) is 115 Å². The minimum absolute atomic E-state index is 0. The highest BCUT2D eigenvalue weighted by Crippen LogP contribution is 2.69. The Bertz CT molecular complexity index is 1580. The molecule has 6 fully saturated rings. The Balaban J connectivity index is 0.000000211. The second-order valence-electron chi connectivity index (χ2n) is 19.4. The molecule has 6 aliphatic carbocycles. The zero-order valence-electron chi connectivity index (χ0n) is 37.1. The number of ketones is 1. The number of halogens is 4.